The molecule has 1 heterocycles. The zero-order valence-corrected chi connectivity index (χ0v) is 14.6. The van der Waals surface area contributed by atoms with E-state index in [1.807, 2.05) is 0 Å². The van der Waals surface area contributed by atoms with Crippen LogP contribution in [0.2, 0.25) is 0 Å². The van der Waals surface area contributed by atoms with Gasteiger partial charge >= 0.3 is 5.97 Å². The second-order valence-corrected chi connectivity index (χ2v) is 5.46. The summed E-state index contributed by atoms with van der Waals surface area (Å²) in [6, 6.07) is 10.2. The van der Waals surface area contributed by atoms with E-state index >= 15 is 0 Å². The molecule has 6 nitrogen and oxygen atoms in total. The van der Waals surface area contributed by atoms with Crippen molar-refractivity contribution in [1.29, 1.82) is 0 Å². The molecule has 0 aromatic heterocycles. The predicted octanol–water partition coefficient (Wildman–Crippen LogP) is 3.40. The van der Waals surface area contributed by atoms with Crippen molar-refractivity contribution in [2.75, 3.05) is 21.3 Å². The van der Waals surface area contributed by atoms with E-state index in [4.69, 9.17) is 18.9 Å². The lowest BCUT2D eigenvalue weighted by Crippen LogP contribution is -1.99. The normalized spacial score (nSPS) is 14.8. The number of hydrogen-bond donors (Lipinski definition) is 1. The third kappa shape index (κ3) is 3.21. The maximum atomic E-state index is 12.3. The zero-order valence-electron chi connectivity index (χ0n) is 14.6. The Bertz CT molecular complexity index is 911. The van der Waals surface area contributed by atoms with Gasteiger partial charge in [0.05, 0.1) is 32.5 Å². The summed E-state index contributed by atoms with van der Waals surface area (Å²) in [5.74, 6) is 1.27. The van der Waals surface area contributed by atoms with Gasteiger partial charge < -0.3 is 24.1 Å². The minimum atomic E-state index is -0.521. The molecule has 0 saturated carbocycles. The second kappa shape index (κ2) is 7.23. The molecule has 0 radical (unpaired) electrons. The smallest absolute Gasteiger partial charge is 0.343 e. The van der Waals surface area contributed by atoms with Gasteiger partial charge in [0.25, 0.3) is 0 Å². The van der Waals surface area contributed by atoms with Gasteiger partial charge in [-0.2, -0.15) is 0 Å². The van der Waals surface area contributed by atoms with Crippen LogP contribution >= 0.6 is 0 Å². The Morgan fingerprint density at radius 3 is 2.46 bits per heavy atom. The molecular formula is C20H18O6. The molecule has 0 unspecified atom stereocenters. The van der Waals surface area contributed by atoms with Crippen molar-refractivity contribution in [2.45, 2.75) is 0 Å². The number of rotatable bonds is 5. The van der Waals surface area contributed by atoms with Gasteiger partial charge in [-0.15, -0.1) is 0 Å². The zero-order chi connectivity index (χ0) is 18.7. The Morgan fingerprint density at radius 1 is 1.00 bits per heavy atom. The number of para-hydroxylation sites is 1. The summed E-state index contributed by atoms with van der Waals surface area (Å²) in [7, 11) is 4.55. The van der Waals surface area contributed by atoms with Crippen LogP contribution in [0.5, 0.6) is 23.0 Å². The number of phenols is 1. The first-order valence-corrected chi connectivity index (χ1v) is 7.81. The molecule has 0 spiro atoms. The number of carbonyl (C=O) groups excluding carboxylic acids is 1. The third-order valence-electron chi connectivity index (χ3n) is 3.96. The number of phenolic OH excluding ortho intramolecular Hbond substituents is 1. The predicted molar refractivity (Wildman–Crippen MR) is 96.3 cm³/mol. The van der Waals surface area contributed by atoms with E-state index in [1.54, 1.807) is 55.7 Å². The SMILES string of the molecule is COc1ccc(OC)c(C2=C/C(=C/c3cccc(OC)c3O)C(=O)O2)c1. The van der Waals surface area contributed by atoms with Crippen LogP contribution in [-0.4, -0.2) is 32.4 Å². The van der Waals surface area contributed by atoms with Crippen molar-refractivity contribution in [1.82, 2.24) is 0 Å². The van der Waals surface area contributed by atoms with Crippen LogP contribution in [0.15, 0.2) is 48.0 Å². The van der Waals surface area contributed by atoms with Gasteiger partial charge in [-0.05, 0) is 36.4 Å². The van der Waals surface area contributed by atoms with E-state index < -0.39 is 5.97 Å². The van der Waals surface area contributed by atoms with Crippen LogP contribution in [0.1, 0.15) is 11.1 Å². The fourth-order valence-corrected chi connectivity index (χ4v) is 2.62. The van der Waals surface area contributed by atoms with Crippen LogP contribution in [-0.2, 0) is 9.53 Å². The molecule has 2 aromatic carbocycles. The number of aromatic hydroxyl groups is 1. The second-order valence-electron chi connectivity index (χ2n) is 5.46. The van der Waals surface area contributed by atoms with E-state index in [1.165, 1.54) is 14.2 Å². The number of ether oxygens (including phenoxy) is 4. The highest BCUT2D eigenvalue weighted by Crippen LogP contribution is 2.37. The molecule has 1 aliphatic rings. The molecule has 1 N–H and O–H groups in total. The third-order valence-corrected chi connectivity index (χ3v) is 3.96. The molecule has 0 atom stereocenters. The summed E-state index contributed by atoms with van der Waals surface area (Å²) < 4.78 is 21.0. The molecule has 1 aliphatic heterocycles. The fourth-order valence-electron chi connectivity index (χ4n) is 2.62. The summed E-state index contributed by atoms with van der Waals surface area (Å²) >= 11 is 0. The Hall–Kier alpha value is -3.41. The average Bonchev–Trinajstić information content (AvgIpc) is 3.03. The monoisotopic (exact) mass is 354 g/mol. The average molecular weight is 354 g/mol. The van der Waals surface area contributed by atoms with E-state index in [0.717, 1.165) is 0 Å². The van der Waals surface area contributed by atoms with Gasteiger partial charge in [0.15, 0.2) is 11.5 Å². The summed E-state index contributed by atoms with van der Waals surface area (Å²) in [5.41, 5.74) is 1.35. The van der Waals surface area contributed by atoms with Crippen LogP contribution in [0.4, 0.5) is 0 Å². The lowest BCUT2D eigenvalue weighted by molar-refractivity contribution is -0.130. The van der Waals surface area contributed by atoms with Crippen LogP contribution in [0.3, 0.4) is 0 Å². The maximum absolute atomic E-state index is 12.3. The van der Waals surface area contributed by atoms with E-state index in [0.29, 0.717) is 39.7 Å². The molecule has 0 aliphatic carbocycles. The molecule has 134 valence electrons. The van der Waals surface area contributed by atoms with Gasteiger partial charge in [-0.3, -0.25) is 0 Å². The first-order chi connectivity index (χ1) is 12.6. The van der Waals surface area contributed by atoms with E-state index in [9.17, 15) is 9.90 Å². The van der Waals surface area contributed by atoms with Crippen molar-refractivity contribution in [3.63, 3.8) is 0 Å². The van der Waals surface area contributed by atoms with Gasteiger partial charge in [-0.1, -0.05) is 12.1 Å². The lowest BCUT2D eigenvalue weighted by atomic mass is 10.1. The molecule has 2 aromatic rings. The summed E-state index contributed by atoms with van der Waals surface area (Å²) in [6.45, 7) is 0. The number of cyclic esters (lactones) is 1. The molecule has 3 rings (SSSR count). The highest BCUT2D eigenvalue weighted by Gasteiger charge is 2.25. The summed E-state index contributed by atoms with van der Waals surface area (Å²) in [6.07, 6.45) is 3.14. The highest BCUT2D eigenvalue weighted by molar-refractivity contribution is 6.05. The molecule has 6 heteroatoms. The number of esters is 1. The molecular weight excluding hydrogens is 336 g/mol. The minimum Gasteiger partial charge on any atom is -0.504 e. The van der Waals surface area contributed by atoms with E-state index in [2.05, 4.69) is 0 Å². The van der Waals surface area contributed by atoms with Crippen molar-refractivity contribution in [3.05, 3.63) is 59.2 Å². The summed E-state index contributed by atoms with van der Waals surface area (Å²) in [5, 5.41) is 10.2. The standard InChI is InChI=1S/C20H18O6/c1-23-14-7-8-16(24-2)15(11-14)18-10-13(20(22)26-18)9-12-5-4-6-17(25-3)19(12)21/h4-11,21H,1-3H3/b13-9-. The van der Waals surface area contributed by atoms with Gasteiger partial charge in [0, 0.05) is 5.56 Å². The molecule has 0 amide bonds. The summed E-state index contributed by atoms with van der Waals surface area (Å²) in [4.78, 5) is 12.3. The largest absolute Gasteiger partial charge is 0.504 e. The minimum absolute atomic E-state index is 0.0453. The van der Waals surface area contributed by atoms with E-state index in [-0.39, 0.29) is 5.75 Å². The van der Waals surface area contributed by atoms with Crippen molar-refractivity contribution in [2.24, 2.45) is 0 Å². The van der Waals surface area contributed by atoms with Crippen LogP contribution in [0.25, 0.3) is 11.8 Å². The van der Waals surface area contributed by atoms with Gasteiger partial charge in [0.1, 0.15) is 17.3 Å². The van der Waals surface area contributed by atoms with Crippen LogP contribution < -0.4 is 14.2 Å². The van der Waals surface area contributed by atoms with Crippen molar-refractivity contribution in [3.8, 4) is 23.0 Å². The molecule has 26 heavy (non-hydrogen) atoms. The number of hydrogen-bond acceptors (Lipinski definition) is 6. The molecule has 0 saturated heterocycles. The quantitative estimate of drug-likeness (QED) is 0.655. The topological polar surface area (TPSA) is 74.2 Å². The van der Waals surface area contributed by atoms with Gasteiger partial charge in [-0.25, -0.2) is 4.79 Å². The fraction of sp³-hybridized carbons (Fsp3) is 0.150. The first-order valence-electron chi connectivity index (χ1n) is 7.81. The Morgan fingerprint density at radius 2 is 1.77 bits per heavy atom. The number of carbonyl (C=O) groups is 1. The van der Waals surface area contributed by atoms with Crippen LogP contribution in [0, 0.1) is 0 Å². The Labute approximate surface area is 150 Å². The molecule has 0 fully saturated rings. The van der Waals surface area contributed by atoms with Crippen molar-refractivity contribution < 1.29 is 28.8 Å². The van der Waals surface area contributed by atoms with Crippen molar-refractivity contribution >= 4 is 17.8 Å². The van der Waals surface area contributed by atoms with Gasteiger partial charge in [0.2, 0.25) is 0 Å². The Balaban J connectivity index is 2.03. The highest BCUT2D eigenvalue weighted by atomic mass is 16.5. The number of benzene rings is 2. The first kappa shape index (κ1) is 17.4. The maximum Gasteiger partial charge on any atom is 0.343 e. The molecule has 0 bridgehead atoms. The lowest BCUT2D eigenvalue weighted by Gasteiger charge is -2.10. The Kier molecular flexibility index (Phi) is 4.84. The number of methoxy groups -OCH3 is 3.